The van der Waals surface area contributed by atoms with Crippen molar-refractivity contribution in [2.75, 3.05) is 13.6 Å². The Labute approximate surface area is 81.4 Å². The largest absolute Gasteiger partial charge is 0.375 e. The number of likely N-dealkylation sites (N-methyl/N-ethyl adjacent to an activating group) is 1. The summed E-state index contributed by atoms with van der Waals surface area (Å²) in [6, 6.07) is 0.249. The molecule has 0 rings (SSSR count). The predicted molar refractivity (Wildman–Crippen MR) is 59.4 cm³/mol. The minimum Gasteiger partial charge on any atom is -0.375 e. The molecule has 0 aromatic carbocycles. The van der Waals surface area contributed by atoms with Gasteiger partial charge in [0, 0.05) is 25.3 Å². The van der Waals surface area contributed by atoms with Gasteiger partial charge in [0.15, 0.2) is 0 Å². The summed E-state index contributed by atoms with van der Waals surface area (Å²) in [4.78, 5) is 2.09. The van der Waals surface area contributed by atoms with Crippen LogP contribution < -0.4 is 5.73 Å². The maximum atomic E-state index is 5.65. The summed E-state index contributed by atoms with van der Waals surface area (Å²) in [6.07, 6.45) is 6.54. The average Bonchev–Trinajstić information content (AvgIpc) is 2.10. The molecule has 1 unspecified atom stereocenters. The van der Waals surface area contributed by atoms with E-state index in [-0.39, 0.29) is 6.04 Å². The molecule has 0 saturated carbocycles. The van der Waals surface area contributed by atoms with Crippen molar-refractivity contribution in [3.05, 3.63) is 37.1 Å². The lowest BCUT2D eigenvalue weighted by Gasteiger charge is -2.20. The Morgan fingerprint density at radius 2 is 2.23 bits per heavy atom. The number of nitrogens with zero attached hydrogens (tertiary/aromatic N) is 1. The summed E-state index contributed by atoms with van der Waals surface area (Å²) >= 11 is 0. The molecule has 0 radical (unpaired) electrons. The van der Waals surface area contributed by atoms with Gasteiger partial charge in [-0.05, 0) is 19.4 Å². The highest BCUT2D eigenvalue weighted by molar-refractivity contribution is 5.16. The van der Waals surface area contributed by atoms with Crippen molar-refractivity contribution in [1.29, 1.82) is 0 Å². The van der Waals surface area contributed by atoms with Gasteiger partial charge in [0.05, 0.1) is 0 Å². The normalized spacial score (nSPS) is 12.8. The molecule has 74 valence electrons. The first-order chi connectivity index (χ1) is 6.07. The topological polar surface area (TPSA) is 29.3 Å². The summed E-state index contributed by atoms with van der Waals surface area (Å²) in [6.45, 7) is 10.5. The molecule has 0 aliphatic carbocycles. The van der Waals surface area contributed by atoms with Crippen molar-refractivity contribution in [1.82, 2.24) is 4.90 Å². The predicted octanol–water partition coefficient (Wildman–Crippen LogP) is 1.91. The number of nitrogens with two attached hydrogens (primary N) is 1. The second kappa shape index (κ2) is 6.49. The molecule has 0 aliphatic rings. The van der Waals surface area contributed by atoms with Crippen LogP contribution in [0, 0.1) is 0 Å². The standard InChI is InChI=1S/C11H20N2/c1-5-6-7-11(3)13(4)9-8-10(2)12/h5-7,10H,1,3,8-9,12H2,2,4H3/b7-6-. The van der Waals surface area contributed by atoms with Crippen LogP contribution in [0.3, 0.4) is 0 Å². The molecule has 0 bridgehead atoms. The van der Waals surface area contributed by atoms with Crippen LogP contribution in [0.4, 0.5) is 0 Å². The fourth-order valence-corrected chi connectivity index (χ4v) is 0.847. The highest BCUT2D eigenvalue weighted by atomic mass is 15.1. The van der Waals surface area contributed by atoms with E-state index in [9.17, 15) is 0 Å². The van der Waals surface area contributed by atoms with E-state index >= 15 is 0 Å². The summed E-state index contributed by atoms with van der Waals surface area (Å²) in [7, 11) is 2.01. The molecule has 0 aromatic rings. The first kappa shape index (κ1) is 12.0. The first-order valence-electron chi connectivity index (χ1n) is 4.52. The molecular weight excluding hydrogens is 160 g/mol. The van der Waals surface area contributed by atoms with Crippen molar-refractivity contribution >= 4 is 0 Å². The molecule has 13 heavy (non-hydrogen) atoms. The number of rotatable bonds is 6. The Morgan fingerprint density at radius 1 is 1.62 bits per heavy atom. The molecule has 0 spiro atoms. The fraction of sp³-hybridized carbons (Fsp3) is 0.455. The molecule has 0 saturated heterocycles. The Morgan fingerprint density at radius 3 is 2.69 bits per heavy atom. The van der Waals surface area contributed by atoms with E-state index in [1.807, 2.05) is 26.1 Å². The van der Waals surface area contributed by atoms with Crippen LogP contribution in [0.2, 0.25) is 0 Å². The van der Waals surface area contributed by atoms with Gasteiger partial charge in [-0.1, -0.05) is 25.3 Å². The van der Waals surface area contributed by atoms with Crippen molar-refractivity contribution in [3.8, 4) is 0 Å². The Bertz CT molecular complexity index is 192. The molecule has 2 N–H and O–H groups in total. The van der Waals surface area contributed by atoms with Crippen LogP contribution in [0.15, 0.2) is 37.1 Å². The lowest BCUT2D eigenvalue weighted by atomic mass is 10.2. The monoisotopic (exact) mass is 180 g/mol. The minimum atomic E-state index is 0.249. The van der Waals surface area contributed by atoms with Gasteiger partial charge in [0.2, 0.25) is 0 Å². The lowest BCUT2D eigenvalue weighted by Crippen LogP contribution is -2.24. The zero-order valence-corrected chi connectivity index (χ0v) is 8.66. The van der Waals surface area contributed by atoms with Gasteiger partial charge < -0.3 is 10.6 Å². The van der Waals surface area contributed by atoms with Crippen LogP contribution in [-0.4, -0.2) is 24.5 Å². The molecule has 2 heteroatoms. The van der Waals surface area contributed by atoms with E-state index in [0.717, 1.165) is 18.7 Å². The van der Waals surface area contributed by atoms with Crippen molar-refractivity contribution in [3.63, 3.8) is 0 Å². The van der Waals surface area contributed by atoms with Gasteiger partial charge in [0.25, 0.3) is 0 Å². The highest BCUT2D eigenvalue weighted by Gasteiger charge is 1.99. The van der Waals surface area contributed by atoms with E-state index in [1.165, 1.54) is 0 Å². The first-order valence-corrected chi connectivity index (χ1v) is 4.52. The minimum absolute atomic E-state index is 0.249. The Balaban J connectivity index is 3.82. The maximum absolute atomic E-state index is 5.65. The van der Waals surface area contributed by atoms with Crippen LogP contribution in [0.25, 0.3) is 0 Å². The SMILES string of the molecule is C=C/C=C\C(=C)N(C)CCC(C)N. The molecule has 0 aliphatic heterocycles. The molecular formula is C11H20N2. The summed E-state index contributed by atoms with van der Waals surface area (Å²) < 4.78 is 0. The molecule has 0 heterocycles. The van der Waals surface area contributed by atoms with Crippen LogP contribution >= 0.6 is 0 Å². The van der Waals surface area contributed by atoms with Crippen LogP contribution in [-0.2, 0) is 0 Å². The summed E-state index contributed by atoms with van der Waals surface area (Å²) in [5.41, 5.74) is 6.64. The number of hydrogen-bond acceptors (Lipinski definition) is 2. The number of allylic oxidation sites excluding steroid dienone is 3. The third-order valence-electron chi connectivity index (χ3n) is 1.83. The Hall–Kier alpha value is -1.02. The molecule has 2 nitrogen and oxygen atoms in total. The fourth-order valence-electron chi connectivity index (χ4n) is 0.847. The average molecular weight is 180 g/mol. The van der Waals surface area contributed by atoms with Gasteiger partial charge in [-0.3, -0.25) is 0 Å². The van der Waals surface area contributed by atoms with E-state index in [0.29, 0.717) is 0 Å². The zero-order chi connectivity index (χ0) is 10.3. The second-order valence-electron chi connectivity index (χ2n) is 3.27. The van der Waals surface area contributed by atoms with Crippen molar-refractivity contribution in [2.45, 2.75) is 19.4 Å². The molecule has 0 amide bonds. The van der Waals surface area contributed by atoms with Gasteiger partial charge in [-0.15, -0.1) is 0 Å². The van der Waals surface area contributed by atoms with Gasteiger partial charge in [0.1, 0.15) is 0 Å². The maximum Gasteiger partial charge on any atom is 0.0290 e. The quantitative estimate of drug-likeness (QED) is 0.633. The van der Waals surface area contributed by atoms with E-state index in [2.05, 4.69) is 18.1 Å². The van der Waals surface area contributed by atoms with E-state index in [4.69, 9.17) is 5.73 Å². The Kier molecular flexibility index (Phi) is 5.98. The van der Waals surface area contributed by atoms with Gasteiger partial charge in [-0.25, -0.2) is 0 Å². The van der Waals surface area contributed by atoms with Gasteiger partial charge in [-0.2, -0.15) is 0 Å². The number of hydrogen-bond donors (Lipinski definition) is 1. The van der Waals surface area contributed by atoms with Crippen LogP contribution in [0.5, 0.6) is 0 Å². The smallest absolute Gasteiger partial charge is 0.0290 e. The molecule has 0 fully saturated rings. The third-order valence-corrected chi connectivity index (χ3v) is 1.83. The summed E-state index contributed by atoms with van der Waals surface area (Å²) in [5, 5.41) is 0. The van der Waals surface area contributed by atoms with Crippen molar-refractivity contribution in [2.24, 2.45) is 5.73 Å². The molecule has 0 aromatic heterocycles. The zero-order valence-electron chi connectivity index (χ0n) is 8.66. The van der Waals surface area contributed by atoms with Gasteiger partial charge >= 0.3 is 0 Å². The summed E-state index contributed by atoms with van der Waals surface area (Å²) in [5.74, 6) is 0. The van der Waals surface area contributed by atoms with E-state index < -0.39 is 0 Å². The van der Waals surface area contributed by atoms with Crippen molar-refractivity contribution < 1.29 is 0 Å². The second-order valence-corrected chi connectivity index (χ2v) is 3.27. The van der Waals surface area contributed by atoms with E-state index in [1.54, 1.807) is 6.08 Å². The van der Waals surface area contributed by atoms with Crippen LogP contribution in [0.1, 0.15) is 13.3 Å². The lowest BCUT2D eigenvalue weighted by molar-refractivity contribution is 0.405. The molecule has 1 atom stereocenters. The highest BCUT2D eigenvalue weighted by Crippen LogP contribution is 2.02. The third kappa shape index (κ3) is 6.17.